The molecular weight excluding hydrogens is 366 g/mol. The Balaban J connectivity index is 2.22. The number of hydrogen-bond acceptors (Lipinski definition) is 6. The molecule has 0 aliphatic carbocycles. The third-order valence-corrected chi connectivity index (χ3v) is 5.15. The summed E-state index contributed by atoms with van der Waals surface area (Å²) in [5, 5.41) is 14.9. The zero-order valence-electron chi connectivity index (χ0n) is 16.8. The fraction of sp³-hybridized carbons (Fsp3) is 0.789. The molecule has 9 nitrogen and oxygen atoms in total. The number of nitrogens with zero attached hydrogens (tertiary/aromatic N) is 2. The fourth-order valence-corrected chi connectivity index (χ4v) is 3.67. The molecule has 2 heterocycles. The van der Waals surface area contributed by atoms with Crippen molar-refractivity contribution in [3.63, 3.8) is 0 Å². The molecule has 0 saturated carbocycles. The first-order chi connectivity index (χ1) is 13.3. The van der Waals surface area contributed by atoms with Crippen molar-refractivity contribution in [1.29, 1.82) is 0 Å². The first kappa shape index (κ1) is 22.1. The van der Waals surface area contributed by atoms with E-state index in [0.29, 0.717) is 31.7 Å². The molecule has 2 rings (SSSR count). The van der Waals surface area contributed by atoms with Crippen LogP contribution in [0.2, 0.25) is 0 Å². The van der Waals surface area contributed by atoms with E-state index in [-0.39, 0.29) is 25.4 Å². The van der Waals surface area contributed by atoms with Gasteiger partial charge in [0.05, 0.1) is 12.6 Å². The van der Waals surface area contributed by atoms with Crippen molar-refractivity contribution in [3.05, 3.63) is 0 Å². The number of amides is 2. The smallest absolute Gasteiger partial charge is 0.328 e. The number of fused-ring (bicyclic) bond motifs is 1. The Kier molecular flexibility index (Phi) is 7.79. The summed E-state index contributed by atoms with van der Waals surface area (Å²) >= 11 is 0. The molecule has 2 aliphatic rings. The van der Waals surface area contributed by atoms with Gasteiger partial charge in [-0.3, -0.25) is 24.7 Å². The SMILES string of the molecule is CCOC(=O)[C@H](CCC(C)C)N[C@H]1CCC(=O)N2CCC[C@@H](C(=O)O)N2C1=O. The second-order valence-electron chi connectivity index (χ2n) is 7.73. The van der Waals surface area contributed by atoms with Gasteiger partial charge in [0.15, 0.2) is 6.04 Å². The molecule has 3 atom stereocenters. The molecule has 9 heteroatoms. The highest BCUT2D eigenvalue weighted by Gasteiger charge is 2.45. The van der Waals surface area contributed by atoms with Crippen molar-refractivity contribution < 1.29 is 29.0 Å². The number of hydrogen-bond donors (Lipinski definition) is 2. The lowest BCUT2D eigenvalue weighted by molar-refractivity contribution is -0.181. The van der Waals surface area contributed by atoms with Crippen LogP contribution in [0.4, 0.5) is 0 Å². The van der Waals surface area contributed by atoms with Gasteiger partial charge in [-0.05, 0) is 44.9 Å². The molecule has 2 saturated heterocycles. The van der Waals surface area contributed by atoms with E-state index < -0.39 is 36.0 Å². The molecule has 0 bridgehead atoms. The Morgan fingerprint density at radius 2 is 1.96 bits per heavy atom. The molecule has 2 amide bonds. The zero-order valence-corrected chi connectivity index (χ0v) is 16.8. The van der Waals surface area contributed by atoms with E-state index in [9.17, 15) is 24.3 Å². The Hall–Kier alpha value is -2.16. The number of ether oxygens (including phenoxy) is 1. The van der Waals surface area contributed by atoms with E-state index in [0.717, 1.165) is 11.4 Å². The topological polar surface area (TPSA) is 116 Å². The fourth-order valence-electron chi connectivity index (χ4n) is 3.67. The van der Waals surface area contributed by atoms with Crippen LogP contribution in [0.15, 0.2) is 0 Å². The average molecular weight is 397 g/mol. The normalized spacial score (nSPS) is 24.0. The van der Waals surface area contributed by atoms with Gasteiger partial charge >= 0.3 is 11.9 Å². The van der Waals surface area contributed by atoms with Gasteiger partial charge in [0.1, 0.15) is 6.04 Å². The van der Waals surface area contributed by atoms with Crippen LogP contribution in [0.1, 0.15) is 59.3 Å². The van der Waals surface area contributed by atoms with Crippen molar-refractivity contribution in [2.75, 3.05) is 13.2 Å². The molecule has 0 aromatic rings. The van der Waals surface area contributed by atoms with Gasteiger partial charge in [-0.1, -0.05) is 13.8 Å². The standard InChI is InChI=1S/C19H31N3O6/c1-4-28-19(27)14(8-7-12(2)3)20-13-9-10-16(23)21-11-5-6-15(18(25)26)22(21)17(13)24/h12-15,20H,4-11H2,1-3H3,(H,25,26)/t13-,14-,15-/m0/s1. The molecule has 158 valence electrons. The number of esters is 1. The second-order valence-corrected chi connectivity index (χ2v) is 7.73. The van der Waals surface area contributed by atoms with E-state index >= 15 is 0 Å². The van der Waals surface area contributed by atoms with Crippen LogP contribution in [0.3, 0.4) is 0 Å². The molecule has 28 heavy (non-hydrogen) atoms. The largest absolute Gasteiger partial charge is 0.480 e. The van der Waals surface area contributed by atoms with Crippen LogP contribution >= 0.6 is 0 Å². The van der Waals surface area contributed by atoms with Gasteiger partial charge in [-0.25, -0.2) is 9.80 Å². The number of rotatable bonds is 8. The van der Waals surface area contributed by atoms with Crippen LogP contribution in [-0.4, -0.2) is 70.2 Å². The summed E-state index contributed by atoms with van der Waals surface area (Å²) in [5.74, 6) is -1.93. The summed E-state index contributed by atoms with van der Waals surface area (Å²) < 4.78 is 5.13. The molecule has 0 spiro atoms. The van der Waals surface area contributed by atoms with E-state index in [4.69, 9.17) is 4.74 Å². The van der Waals surface area contributed by atoms with Crippen LogP contribution in [0.5, 0.6) is 0 Å². The highest BCUT2D eigenvalue weighted by molar-refractivity contribution is 5.92. The number of carbonyl (C=O) groups excluding carboxylic acids is 3. The molecule has 0 radical (unpaired) electrons. The summed E-state index contributed by atoms with van der Waals surface area (Å²) in [4.78, 5) is 49.6. The van der Waals surface area contributed by atoms with Gasteiger partial charge in [-0.15, -0.1) is 0 Å². The number of aliphatic carboxylic acids is 1. The Morgan fingerprint density at radius 1 is 1.25 bits per heavy atom. The van der Waals surface area contributed by atoms with Crippen molar-refractivity contribution in [1.82, 2.24) is 15.3 Å². The Labute approximate surface area is 165 Å². The van der Waals surface area contributed by atoms with E-state index in [1.54, 1.807) is 6.92 Å². The van der Waals surface area contributed by atoms with E-state index in [1.165, 1.54) is 5.01 Å². The number of nitrogens with one attached hydrogen (secondary N) is 1. The van der Waals surface area contributed by atoms with Crippen LogP contribution in [-0.2, 0) is 23.9 Å². The number of hydrazine groups is 1. The van der Waals surface area contributed by atoms with E-state index in [1.807, 2.05) is 13.8 Å². The van der Waals surface area contributed by atoms with E-state index in [2.05, 4.69) is 5.32 Å². The molecule has 2 aliphatic heterocycles. The van der Waals surface area contributed by atoms with Crippen LogP contribution < -0.4 is 5.32 Å². The lowest BCUT2D eigenvalue weighted by Crippen LogP contribution is -2.62. The quantitative estimate of drug-likeness (QED) is 0.585. The predicted octanol–water partition coefficient (Wildman–Crippen LogP) is 0.926. The lowest BCUT2D eigenvalue weighted by Gasteiger charge is -2.42. The molecule has 0 aromatic heterocycles. The number of carboxylic acid groups (broad SMARTS) is 1. The highest BCUT2D eigenvalue weighted by Crippen LogP contribution is 2.25. The molecular formula is C19H31N3O6. The van der Waals surface area contributed by atoms with Crippen molar-refractivity contribution in [3.8, 4) is 0 Å². The summed E-state index contributed by atoms with van der Waals surface area (Å²) in [5.41, 5.74) is 0. The summed E-state index contributed by atoms with van der Waals surface area (Å²) in [7, 11) is 0. The Bertz CT molecular complexity index is 608. The van der Waals surface area contributed by atoms with Gasteiger partial charge in [0.25, 0.3) is 5.91 Å². The van der Waals surface area contributed by atoms with Crippen LogP contribution in [0, 0.1) is 5.92 Å². The number of carboxylic acids is 1. The molecule has 0 unspecified atom stereocenters. The van der Waals surface area contributed by atoms with Crippen molar-refractivity contribution in [2.24, 2.45) is 5.92 Å². The average Bonchev–Trinajstić information content (AvgIpc) is 2.76. The zero-order chi connectivity index (χ0) is 20.8. The van der Waals surface area contributed by atoms with Gasteiger partial charge in [-0.2, -0.15) is 0 Å². The summed E-state index contributed by atoms with van der Waals surface area (Å²) in [6, 6.07) is -2.55. The van der Waals surface area contributed by atoms with Crippen molar-refractivity contribution in [2.45, 2.75) is 77.4 Å². The molecule has 0 aromatic carbocycles. The Morgan fingerprint density at radius 3 is 2.57 bits per heavy atom. The van der Waals surface area contributed by atoms with Gasteiger partial charge in [0, 0.05) is 13.0 Å². The second kappa shape index (κ2) is 9.86. The van der Waals surface area contributed by atoms with Gasteiger partial charge < -0.3 is 9.84 Å². The minimum Gasteiger partial charge on any atom is -0.480 e. The van der Waals surface area contributed by atoms with Gasteiger partial charge in [0.2, 0.25) is 5.91 Å². The third-order valence-electron chi connectivity index (χ3n) is 5.15. The highest BCUT2D eigenvalue weighted by atomic mass is 16.5. The number of carbonyl (C=O) groups is 4. The first-order valence-electron chi connectivity index (χ1n) is 10.0. The summed E-state index contributed by atoms with van der Waals surface area (Å²) in [6.07, 6.45) is 2.43. The van der Waals surface area contributed by atoms with Crippen LogP contribution in [0.25, 0.3) is 0 Å². The monoisotopic (exact) mass is 397 g/mol. The lowest BCUT2D eigenvalue weighted by atomic mass is 10.0. The maximum Gasteiger partial charge on any atom is 0.328 e. The van der Waals surface area contributed by atoms with Crippen molar-refractivity contribution >= 4 is 23.8 Å². The summed E-state index contributed by atoms with van der Waals surface area (Å²) in [6.45, 7) is 6.37. The first-order valence-corrected chi connectivity index (χ1v) is 10.0. The minimum absolute atomic E-state index is 0.117. The molecule has 2 fully saturated rings. The maximum absolute atomic E-state index is 13.1. The third kappa shape index (κ3) is 5.21. The molecule has 2 N–H and O–H groups in total. The minimum atomic E-state index is -1.13. The predicted molar refractivity (Wildman–Crippen MR) is 99.9 cm³/mol. The maximum atomic E-state index is 13.1.